The average molecular weight is 283 g/mol. The van der Waals surface area contributed by atoms with E-state index in [1.165, 1.54) is 11.1 Å². The molecule has 0 bridgehead atoms. The molecule has 0 aliphatic carbocycles. The lowest BCUT2D eigenvalue weighted by Crippen LogP contribution is -2.92. The predicted octanol–water partition coefficient (Wildman–Crippen LogP) is 1.32. The highest BCUT2D eigenvalue weighted by Crippen LogP contribution is 2.16. The summed E-state index contributed by atoms with van der Waals surface area (Å²) in [4.78, 5) is 12.4. The summed E-state index contributed by atoms with van der Waals surface area (Å²) in [6.07, 6.45) is 0.776. The van der Waals surface area contributed by atoms with E-state index in [2.05, 4.69) is 22.8 Å². The zero-order chi connectivity index (χ0) is 14.7. The smallest absolute Gasteiger partial charge is 0.282 e. The van der Waals surface area contributed by atoms with E-state index in [0.29, 0.717) is 0 Å². The summed E-state index contributed by atoms with van der Waals surface area (Å²) in [5.74, 6) is 0.834. The normalized spacial score (nSPS) is 16.9. The van der Waals surface area contributed by atoms with Gasteiger partial charge in [-0.2, -0.15) is 0 Å². The number of rotatable bonds is 3. The van der Waals surface area contributed by atoms with Gasteiger partial charge in [-0.15, -0.1) is 0 Å². The minimum atomic E-state index is -0.0676. The third kappa shape index (κ3) is 3.06. The molecule has 0 aromatic heterocycles. The molecule has 0 unspecified atom stereocenters. The number of nitrogens with one attached hydrogen (secondary N) is 1. The van der Waals surface area contributed by atoms with Crippen molar-refractivity contribution in [3.63, 3.8) is 0 Å². The Bertz CT molecular complexity index is 637. The van der Waals surface area contributed by atoms with Crippen molar-refractivity contribution < 1.29 is 14.8 Å². The SMILES string of the molecule is COc1ccc(NC(=O)[C@@H]2Cc3ccccc3C[NH2+]2)cc1. The van der Waals surface area contributed by atoms with E-state index in [9.17, 15) is 4.79 Å². The molecule has 4 nitrogen and oxygen atoms in total. The quantitative estimate of drug-likeness (QED) is 0.892. The number of nitrogens with two attached hydrogens (primary N) is 1. The fourth-order valence-corrected chi connectivity index (χ4v) is 2.65. The van der Waals surface area contributed by atoms with Gasteiger partial charge in [-0.05, 0) is 29.8 Å². The number of hydrogen-bond acceptors (Lipinski definition) is 2. The Hall–Kier alpha value is -2.33. The van der Waals surface area contributed by atoms with Crippen LogP contribution in [0.15, 0.2) is 48.5 Å². The maximum Gasteiger partial charge on any atom is 0.282 e. The van der Waals surface area contributed by atoms with Gasteiger partial charge in [0.15, 0.2) is 6.04 Å². The van der Waals surface area contributed by atoms with E-state index in [0.717, 1.165) is 24.4 Å². The second-order valence-electron chi connectivity index (χ2n) is 5.24. The van der Waals surface area contributed by atoms with Crippen molar-refractivity contribution in [2.75, 3.05) is 12.4 Å². The number of anilines is 1. The van der Waals surface area contributed by atoms with Crippen molar-refractivity contribution in [3.8, 4) is 5.75 Å². The molecule has 1 aliphatic rings. The van der Waals surface area contributed by atoms with Crippen LogP contribution >= 0.6 is 0 Å². The Kier molecular flexibility index (Phi) is 3.88. The average Bonchev–Trinajstić information content (AvgIpc) is 2.55. The van der Waals surface area contributed by atoms with Crippen LogP contribution in [0.3, 0.4) is 0 Å². The first-order valence-corrected chi connectivity index (χ1v) is 7.11. The Balaban J connectivity index is 1.66. The molecule has 0 spiro atoms. The minimum Gasteiger partial charge on any atom is -0.497 e. The summed E-state index contributed by atoms with van der Waals surface area (Å²) in [6, 6.07) is 15.6. The first-order valence-electron chi connectivity index (χ1n) is 7.11. The Morgan fingerprint density at radius 3 is 2.57 bits per heavy atom. The van der Waals surface area contributed by atoms with Gasteiger partial charge in [0.05, 0.1) is 7.11 Å². The van der Waals surface area contributed by atoms with Crippen molar-refractivity contribution in [1.29, 1.82) is 0 Å². The van der Waals surface area contributed by atoms with Crippen LogP contribution in [-0.2, 0) is 17.8 Å². The van der Waals surface area contributed by atoms with Crippen LogP contribution < -0.4 is 15.4 Å². The zero-order valence-corrected chi connectivity index (χ0v) is 12.0. The number of carbonyl (C=O) groups is 1. The molecule has 0 fully saturated rings. The van der Waals surface area contributed by atoms with Crippen molar-refractivity contribution in [3.05, 3.63) is 59.7 Å². The van der Waals surface area contributed by atoms with E-state index >= 15 is 0 Å². The van der Waals surface area contributed by atoms with Gasteiger partial charge in [0.2, 0.25) is 0 Å². The molecule has 0 saturated carbocycles. The van der Waals surface area contributed by atoms with Gasteiger partial charge < -0.3 is 15.4 Å². The molecule has 1 aliphatic heterocycles. The molecule has 1 amide bonds. The molecule has 4 heteroatoms. The van der Waals surface area contributed by atoms with Crippen molar-refractivity contribution >= 4 is 11.6 Å². The molecular formula is C17H19N2O2+. The van der Waals surface area contributed by atoms with Crippen LogP contribution in [0, 0.1) is 0 Å². The molecule has 0 radical (unpaired) electrons. The first kappa shape index (κ1) is 13.6. The van der Waals surface area contributed by atoms with E-state index in [-0.39, 0.29) is 11.9 Å². The molecule has 108 valence electrons. The van der Waals surface area contributed by atoms with Crippen LogP contribution in [0.5, 0.6) is 5.75 Å². The zero-order valence-electron chi connectivity index (χ0n) is 12.0. The van der Waals surface area contributed by atoms with Crippen molar-refractivity contribution in [1.82, 2.24) is 0 Å². The number of methoxy groups -OCH3 is 1. The molecule has 2 aromatic carbocycles. The van der Waals surface area contributed by atoms with Gasteiger partial charge in [-0.25, -0.2) is 0 Å². The minimum absolute atomic E-state index is 0.0506. The van der Waals surface area contributed by atoms with Gasteiger partial charge in [0.25, 0.3) is 5.91 Å². The van der Waals surface area contributed by atoms with Crippen LogP contribution in [0.4, 0.5) is 5.69 Å². The van der Waals surface area contributed by atoms with Gasteiger partial charge in [0.1, 0.15) is 12.3 Å². The van der Waals surface area contributed by atoms with Gasteiger partial charge in [-0.3, -0.25) is 4.79 Å². The Morgan fingerprint density at radius 2 is 1.86 bits per heavy atom. The van der Waals surface area contributed by atoms with Crippen molar-refractivity contribution in [2.45, 2.75) is 19.0 Å². The second-order valence-corrected chi connectivity index (χ2v) is 5.24. The van der Waals surface area contributed by atoms with Gasteiger partial charge >= 0.3 is 0 Å². The van der Waals surface area contributed by atoms with E-state index in [1.54, 1.807) is 7.11 Å². The molecule has 21 heavy (non-hydrogen) atoms. The molecule has 3 rings (SSSR count). The van der Waals surface area contributed by atoms with Crippen molar-refractivity contribution in [2.24, 2.45) is 0 Å². The van der Waals surface area contributed by atoms with E-state index in [1.807, 2.05) is 36.4 Å². The number of hydrogen-bond donors (Lipinski definition) is 2. The monoisotopic (exact) mass is 283 g/mol. The summed E-state index contributed by atoms with van der Waals surface area (Å²) in [7, 11) is 1.63. The van der Waals surface area contributed by atoms with Crippen LogP contribution in [0.2, 0.25) is 0 Å². The lowest BCUT2D eigenvalue weighted by atomic mass is 9.95. The summed E-state index contributed by atoms with van der Waals surface area (Å²) in [6.45, 7) is 0.858. The lowest BCUT2D eigenvalue weighted by molar-refractivity contribution is -0.694. The largest absolute Gasteiger partial charge is 0.497 e. The first-order chi connectivity index (χ1) is 10.3. The molecular weight excluding hydrogens is 264 g/mol. The fourth-order valence-electron chi connectivity index (χ4n) is 2.65. The standard InChI is InChI=1S/C17H18N2O2/c1-21-15-8-6-14(7-9-15)19-17(20)16-10-12-4-2-3-5-13(12)11-18-16/h2-9,16,18H,10-11H2,1H3,(H,19,20)/p+1/t16-/m0/s1. The van der Waals surface area contributed by atoms with E-state index in [4.69, 9.17) is 4.74 Å². The highest BCUT2D eigenvalue weighted by molar-refractivity contribution is 5.94. The number of quaternary nitrogens is 1. The number of fused-ring (bicyclic) bond motifs is 1. The van der Waals surface area contributed by atoms with Crippen LogP contribution in [0.25, 0.3) is 0 Å². The molecule has 1 heterocycles. The Morgan fingerprint density at radius 1 is 1.14 bits per heavy atom. The Labute approximate surface area is 124 Å². The molecule has 2 aromatic rings. The third-order valence-electron chi connectivity index (χ3n) is 3.87. The number of benzene rings is 2. The fraction of sp³-hybridized carbons (Fsp3) is 0.235. The van der Waals surface area contributed by atoms with E-state index < -0.39 is 0 Å². The maximum absolute atomic E-state index is 12.4. The van der Waals surface area contributed by atoms with Crippen LogP contribution in [0.1, 0.15) is 11.1 Å². The third-order valence-corrected chi connectivity index (χ3v) is 3.87. The molecule has 3 N–H and O–H groups in total. The molecule has 0 saturated heterocycles. The van der Waals surface area contributed by atoms with Gasteiger partial charge in [0, 0.05) is 17.7 Å². The summed E-state index contributed by atoms with van der Waals surface area (Å²) < 4.78 is 5.11. The highest BCUT2D eigenvalue weighted by atomic mass is 16.5. The number of ether oxygens (including phenoxy) is 1. The maximum atomic E-state index is 12.4. The van der Waals surface area contributed by atoms with Gasteiger partial charge in [-0.1, -0.05) is 24.3 Å². The lowest BCUT2D eigenvalue weighted by Gasteiger charge is -2.22. The molecule has 1 atom stereocenters. The van der Waals surface area contributed by atoms with Crippen LogP contribution in [-0.4, -0.2) is 19.1 Å². The number of amides is 1. The number of carbonyl (C=O) groups excluding carboxylic acids is 1. The second kappa shape index (κ2) is 5.97. The summed E-state index contributed by atoms with van der Waals surface area (Å²) in [5, 5.41) is 5.07. The topological polar surface area (TPSA) is 54.9 Å². The summed E-state index contributed by atoms with van der Waals surface area (Å²) >= 11 is 0. The predicted molar refractivity (Wildman–Crippen MR) is 81.2 cm³/mol. The summed E-state index contributed by atoms with van der Waals surface area (Å²) in [5.41, 5.74) is 3.40. The highest BCUT2D eigenvalue weighted by Gasteiger charge is 2.27.